The maximum absolute atomic E-state index is 13.9. The van der Waals surface area contributed by atoms with Gasteiger partial charge in [0.2, 0.25) is 0 Å². The molecule has 1 N–H and O–H groups in total. The summed E-state index contributed by atoms with van der Waals surface area (Å²) in [6.07, 6.45) is 3.93. The molecule has 0 radical (unpaired) electrons. The molecule has 176 valence electrons. The van der Waals surface area contributed by atoms with E-state index in [0.717, 1.165) is 35.7 Å². The van der Waals surface area contributed by atoms with Crippen molar-refractivity contribution < 1.29 is 23.1 Å². The standard InChI is InChI=1S/C23H33NO5S2Si/c1-5-17-10-6-9-13-20(17)31(27,28)24(16-29-14-15-32(2,3)4)22-21(23(25)26)18-11-7-8-12-19(18)30-22/h6,9-10,13H,5,7-8,11-12,14-16H2,1-4H3,(H,25,26). The summed E-state index contributed by atoms with van der Waals surface area (Å²) in [6.45, 7) is 8.87. The van der Waals surface area contributed by atoms with Crippen molar-refractivity contribution in [2.45, 2.75) is 69.6 Å². The number of thiophene rings is 1. The molecule has 0 aliphatic heterocycles. The number of anilines is 1. The van der Waals surface area contributed by atoms with Gasteiger partial charge in [0, 0.05) is 19.6 Å². The van der Waals surface area contributed by atoms with Gasteiger partial charge in [-0.2, -0.15) is 0 Å². The lowest BCUT2D eigenvalue weighted by atomic mass is 9.95. The third-order valence-electron chi connectivity index (χ3n) is 5.72. The van der Waals surface area contributed by atoms with E-state index >= 15 is 0 Å². The number of hydrogen-bond donors (Lipinski definition) is 1. The van der Waals surface area contributed by atoms with Crippen LogP contribution in [-0.4, -0.2) is 40.9 Å². The second kappa shape index (κ2) is 10.1. The van der Waals surface area contributed by atoms with Crippen LogP contribution in [0.5, 0.6) is 0 Å². The normalized spacial score (nSPS) is 14.2. The molecular formula is C23H33NO5S2Si. The molecule has 0 bridgehead atoms. The van der Waals surface area contributed by atoms with Crippen LogP contribution < -0.4 is 4.31 Å². The van der Waals surface area contributed by atoms with Crippen LogP contribution in [0.15, 0.2) is 29.2 Å². The Hall–Kier alpha value is -1.68. The quantitative estimate of drug-likeness (QED) is 0.271. The number of carboxylic acids is 1. The smallest absolute Gasteiger partial charge is 0.339 e. The maximum Gasteiger partial charge on any atom is 0.339 e. The Labute approximate surface area is 196 Å². The summed E-state index contributed by atoms with van der Waals surface area (Å²) in [5.74, 6) is -1.08. The highest BCUT2D eigenvalue weighted by atomic mass is 32.2. The van der Waals surface area contributed by atoms with Gasteiger partial charge < -0.3 is 9.84 Å². The summed E-state index contributed by atoms with van der Waals surface area (Å²) in [6, 6.07) is 7.82. The number of carboxylic acid groups (broad SMARTS) is 1. The predicted molar refractivity (Wildman–Crippen MR) is 132 cm³/mol. The summed E-state index contributed by atoms with van der Waals surface area (Å²) in [4.78, 5) is 13.4. The molecule has 0 fully saturated rings. The Kier molecular flexibility index (Phi) is 7.85. The molecule has 0 amide bonds. The maximum atomic E-state index is 13.9. The first-order valence-electron chi connectivity index (χ1n) is 11.1. The number of aryl methyl sites for hydroxylation is 2. The minimum atomic E-state index is -4.00. The Morgan fingerprint density at radius 2 is 1.88 bits per heavy atom. The van der Waals surface area contributed by atoms with Crippen molar-refractivity contribution in [1.82, 2.24) is 0 Å². The fraction of sp³-hybridized carbons (Fsp3) is 0.522. The number of hydrogen-bond acceptors (Lipinski definition) is 5. The van der Waals surface area contributed by atoms with E-state index in [4.69, 9.17) is 4.74 Å². The lowest BCUT2D eigenvalue weighted by Gasteiger charge is -2.25. The first kappa shape index (κ1) is 24.9. The number of carbonyl (C=O) groups is 1. The summed E-state index contributed by atoms with van der Waals surface area (Å²) < 4.78 is 34.8. The molecule has 1 aromatic carbocycles. The predicted octanol–water partition coefficient (Wildman–Crippen LogP) is 5.40. The van der Waals surface area contributed by atoms with E-state index < -0.39 is 24.1 Å². The third kappa shape index (κ3) is 5.44. The number of sulfonamides is 1. The van der Waals surface area contributed by atoms with Crippen molar-refractivity contribution in [3.8, 4) is 0 Å². The summed E-state index contributed by atoms with van der Waals surface area (Å²) in [7, 11) is -5.36. The van der Waals surface area contributed by atoms with Gasteiger partial charge in [-0.05, 0) is 55.3 Å². The van der Waals surface area contributed by atoms with E-state index in [0.29, 0.717) is 25.0 Å². The highest BCUT2D eigenvalue weighted by Crippen LogP contribution is 2.42. The first-order chi connectivity index (χ1) is 15.1. The van der Waals surface area contributed by atoms with E-state index in [2.05, 4.69) is 19.6 Å². The number of ether oxygens (including phenoxy) is 1. The average Bonchev–Trinajstić information content (AvgIpc) is 3.11. The van der Waals surface area contributed by atoms with Gasteiger partial charge in [0.05, 0.1) is 10.5 Å². The highest BCUT2D eigenvalue weighted by Gasteiger charge is 2.35. The number of fused-ring (bicyclic) bond motifs is 1. The summed E-state index contributed by atoms with van der Waals surface area (Å²) in [5, 5.41) is 10.3. The molecule has 1 heterocycles. The Bertz CT molecular complexity index is 1070. The van der Waals surface area contributed by atoms with Crippen molar-refractivity contribution in [3.63, 3.8) is 0 Å². The Morgan fingerprint density at radius 3 is 2.53 bits per heavy atom. The zero-order valence-electron chi connectivity index (χ0n) is 19.3. The summed E-state index contributed by atoms with van der Waals surface area (Å²) in [5.41, 5.74) is 1.61. The van der Waals surface area contributed by atoms with Crippen molar-refractivity contribution in [2.75, 3.05) is 17.6 Å². The largest absolute Gasteiger partial charge is 0.478 e. The van der Waals surface area contributed by atoms with Gasteiger partial charge in [0.25, 0.3) is 10.0 Å². The van der Waals surface area contributed by atoms with Gasteiger partial charge in [0.15, 0.2) is 0 Å². The van der Waals surface area contributed by atoms with Crippen LogP contribution in [0.25, 0.3) is 0 Å². The first-order valence-corrected chi connectivity index (χ1v) is 17.1. The molecule has 0 saturated heterocycles. The molecule has 2 aromatic rings. The van der Waals surface area contributed by atoms with Crippen molar-refractivity contribution in [3.05, 3.63) is 45.8 Å². The zero-order valence-corrected chi connectivity index (χ0v) is 21.9. The van der Waals surface area contributed by atoms with Crippen LogP contribution in [0.1, 0.15) is 46.1 Å². The van der Waals surface area contributed by atoms with Crippen molar-refractivity contribution in [2.24, 2.45) is 0 Å². The van der Waals surface area contributed by atoms with E-state index in [1.165, 1.54) is 15.6 Å². The number of benzene rings is 1. The molecule has 1 aliphatic carbocycles. The molecule has 0 atom stereocenters. The fourth-order valence-electron chi connectivity index (χ4n) is 3.88. The van der Waals surface area contributed by atoms with Crippen LogP contribution in [0.2, 0.25) is 25.7 Å². The van der Waals surface area contributed by atoms with Crippen LogP contribution >= 0.6 is 11.3 Å². The molecule has 3 rings (SSSR count). The van der Waals surface area contributed by atoms with Gasteiger partial charge in [-0.25, -0.2) is 17.5 Å². The number of aromatic carboxylic acids is 1. The second-order valence-electron chi connectivity index (χ2n) is 9.36. The van der Waals surface area contributed by atoms with Crippen LogP contribution in [0, 0.1) is 0 Å². The molecule has 0 saturated carbocycles. The zero-order chi connectivity index (χ0) is 23.5. The fourth-order valence-corrected chi connectivity index (χ4v) is 7.87. The molecule has 32 heavy (non-hydrogen) atoms. The molecule has 1 aromatic heterocycles. The molecule has 9 heteroatoms. The van der Waals surface area contributed by atoms with Crippen molar-refractivity contribution in [1.29, 1.82) is 0 Å². The second-order valence-corrected chi connectivity index (χ2v) is 17.9. The minimum Gasteiger partial charge on any atom is -0.478 e. The number of nitrogens with zero attached hydrogens (tertiary/aromatic N) is 1. The molecule has 0 unspecified atom stereocenters. The van der Waals surface area contributed by atoms with Crippen LogP contribution in [-0.2, 0) is 34.0 Å². The van der Waals surface area contributed by atoms with E-state index in [1.54, 1.807) is 18.2 Å². The lowest BCUT2D eigenvalue weighted by molar-refractivity contribution is 0.0696. The van der Waals surface area contributed by atoms with E-state index in [1.807, 2.05) is 13.0 Å². The highest BCUT2D eigenvalue weighted by molar-refractivity contribution is 7.93. The average molecular weight is 496 g/mol. The Balaban J connectivity index is 2.08. The third-order valence-corrected chi connectivity index (χ3v) is 10.7. The molecule has 6 nitrogen and oxygen atoms in total. The number of rotatable bonds is 10. The van der Waals surface area contributed by atoms with E-state index in [-0.39, 0.29) is 22.2 Å². The van der Waals surface area contributed by atoms with Crippen LogP contribution in [0.4, 0.5) is 5.00 Å². The molecule has 0 spiro atoms. The lowest BCUT2D eigenvalue weighted by Crippen LogP contribution is -2.35. The SMILES string of the molecule is CCc1ccccc1S(=O)(=O)N(COCC[Si](C)(C)C)c1sc2c(c1C(=O)O)CCCC2. The van der Waals surface area contributed by atoms with Gasteiger partial charge in [-0.15, -0.1) is 11.3 Å². The minimum absolute atomic E-state index is 0.121. The molecular weight excluding hydrogens is 462 g/mol. The monoisotopic (exact) mass is 495 g/mol. The topological polar surface area (TPSA) is 83.9 Å². The van der Waals surface area contributed by atoms with Crippen LogP contribution in [0.3, 0.4) is 0 Å². The van der Waals surface area contributed by atoms with Gasteiger partial charge >= 0.3 is 5.97 Å². The summed E-state index contributed by atoms with van der Waals surface area (Å²) >= 11 is 1.29. The molecule has 1 aliphatic rings. The van der Waals surface area contributed by atoms with Gasteiger partial charge in [-0.3, -0.25) is 0 Å². The van der Waals surface area contributed by atoms with E-state index in [9.17, 15) is 18.3 Å². The van der Waals surface area contributed by atoms with Gasteiger partial charge in [-0.1, -0.05) is 44.8 Å². The Morgan fingerprint density at radius 1 is 1.19 bits per heavy atom. The van der Waals surface area contributed by atoms with Crippen molar-refractivity contribution >= 4 is 40.4 Å². The van der Waals surface area contributed by atoms with Gasteiger partial charge in [0.1, 0.15) is 11.7 Å².